The average Bonchev–Trinajstić information content (AvgIpc) is 2.56. The van der Waals surface area contributed by atoms with E-state index >= 15 is 0 Å². The number of hydrogen-bond donors (Lipinski definition) is 1. The fourth-order valence-electron chi connectivity index (χ4n) is 2.09. The van der Waals surface area contributed by atoms with Crippen molar-refractivity contribution in [2.45, 2.75) is 19.5 Å². The van der Waals surface area contributed by atoms with Gasteiger partial charge < -0.3 is 5.32 Å². The van der Waals surface area contributed by atoms with Crippen molar-refractivity contribution >= 4 is 27.5 Å². The van der Waals surface area contributed by atoms with Gasteiger partial charge in [-0.05, 0) is 55.9 Å². The minimum absolute atomic E-state index is 0.0747. The van der Waals surface area contributed by atoms with Crippen LogP contribution in [-0.2, 0) is 11.3 Å². The van der Waals surface area contributed by atoms with Crippen LogP contribution in [0.2, 0.25) is 0 Å². The molecule has 0 spiro atoms. The van der Waals surface area contributed by atoms with Crippen LogP contribution in [0.1, 0.15) is 18.1 Å². The Balaban J connectivity index is 1.95. The summed E-state index contributed by atoms with van der Waals surface area (Å²) in [4.78, 5) is 14.3. The summed E-state index contributed by atoms with van der Waals surface area (Å²) in [6, 6.07) is 16.7. The summed E-state index contributed by atoms with van der Waals surface area (Å²) >= 11 is 3.41. The average molecular weight is 372 g/mol. The van der Waals surface area contributed by atoms with Crippen LogP contribution in [0.25, 0.3) is 0 Å². The number of carbonyl (C=O) groups is 1. The van der Waals surface area contributed by atoms with Crippen molar-refractivity contribution in [1.82, 2.24) is 4.90 Å². The lowest BCUT2D eigenvalue weighted by Gasteiger charge is -2.24. The van der Waals surface area contributed by atoms with E-state index in [1.807, 2.05) is 43.1 Å². The van der Waals surface area contributed by atoms with E-state index in [1.165, 1.54) is 0 Å². The van der Waals surface area contributed by atoms with Crippen LogP contribution < -0.4 is 5.32 Å². The Bertz CT molecular complexity index is 705. The van der Waals surface area contributed by atoms with E-state index in [0.29, 0.717) is 17.8 Å². The number of nitriles is 1. The molecule has 23 heavy (non-hydrogen) atoms. The van der Waals surface area contributed by atoms with E-state index in [4.69, 9.17) is 5.26 Å². The standard InChI is InChI=1S/C18H18BrN3O/c1-13(22(2)12-15-3-7-16(19)8-4-15)18(23)21-17-9-5-14(11-20)6-10-17/h3-10,13H,12H2,1-2H3,(H,21,23). The summed E-state index contributed by atoms with van der Waals surface area (Å²) in [7, 11) is 1.92. The molecule has 1 amide bonds. The largest absolute Gasteiger partial charge is 0.325 e. The molecule has 2 aromatic rings. The summed E-state index contributed by atoms with van der Waals surface area (Å²) in [6.45, 7) is 2.56. The highest BCUT2D eigenvalue weighted by Crippen LogP contribution is 2.14. The Hall–Kier alpha value is -2.16. The van der Waals surface area contributed by atoms with Crippen molar-refractivity contribution in [3.8, 4) is 6.07 Å². The number of amides is 1. The van der Waals surface area contributed by atoms with Gasteiger partial charge >= 0.3 is 0 Å². The second-order valence-corrected chi connectivity index (χ2v) is 6.31. The first kappa shape index (κ1) is 17.2. The summed E-state index contributed by atoms with van der Waals surface area (Å²) in [6.07, 6.45) is 0. The van der Waals surface area contributed by atoms with E-state index in [-0.39, 0.29) is 11.9 Å². The van der Waals surface area contributed by atoms with Gasteiger partial charge in [0, 0.05) is 16.7 Å². The van der Waals surface area contributed by atoms with Crippen molar-refractivity contribution in [2.75, 3.05) is 12.4 Å². The molecule has 0 saturated carbocycles. The van der Waals surface area contributed by atoms with Crippen LogP contribution in [0, 0.1) is 11.3 Å². The lowest BCUT2D eigenvalue weighted by molar-refractivity contribution is -0.120. The van der Waals surface area contributed by atoms with Crippen molar-refractivity contribution in [2.24, 2.45) is 0 Å². The van der Waals surface area contributed by atoms with Crippen molar-refractivity contribution in [3.63, 3.8) is 0 Å². The Kier molecular flexibility index (Phi) is 5.91. The second-order valence-electron chi connectivity index (χ2n) is 5.40. The minimum Gasteiger partial charge on any atom is -0.325 e. The van der Waals surface area contributed by atoms with Gasteiger partial charge in [-0.15, -0.1) is 0 Å². The van der Waals surface area contributed by atoms with Gasteiger partial charge in [-0.25, -0.2) is 0 Å². The number of likely N-dealkylation sites (N-methyl/N-ethyl adjacent to an activating group) is 1. The van der Waals surface area contributed by atoms with Crippen LogP contribution in [0.5, 0.6) is 0 Å². The highest BCUT2D eigenvalue weighted by atomic mass is 79.9. The van der Waals surface area contributed by atoms with Gasteiger partial charge in [-0.1, -0.05) is 28.1 Å². The Morgan fingerprint density at radius 1 is 1.22 bits per heavy atom. The third kappa shape index (κ3) is 4.92. The molecule has 0 bridgehead atoms. The third-order valence-corrected chi connectivity index (χ3v) is 4.20. The maximum absolute atomic E-state index is 12.3. The molecule has 0 aliphatic carbocycles. The molecule has 0 heterocycles. The molecule has 0 radical (unpaired) electrons. The van der Waals surface area contributed by atoms with E-state index in [1.54, 1.807) is 24.3 Å². The minimum atomic E-state index is -0.269. The maximum atomic E-state index is 12.3. The molecule has 2 aromatic carbocycles. The van der Waals surface area contributed by atoms with E-state index in [2.05, 4.69) is 27.3 Å². The van der Waals surface area contributed by atoms with E-state index in [0.717, 1.165) is 10.0 Å². The van der Waals surface area contributed by atoms with Gasteiger partial charge in [0.15, 0.2) is 0 Å². The number of carbonyl (C=O) groups excluding carboxylic acids is 1. The van der Waals surface area contributed by atoms with E-state index < -0.39 is 0 Å². The Morgan fingerprint density at radius 2 is 1.83 bits per heavy atom. The first-order valence-electron chi connectivity index (χ1n) is 7.25. The smallest absolute Gasteiger partial charge is 0.241 e. The van der Waals surface area contributed by atoms with Crippen molar-refractivity contribution in [3.05, 3.63) is 64.1 Å². The monoisotopic (exact) mass is 371 g/mol. The van der Waals surface area contributed by atoms with Crippen LogP contribution in [0.15, 0.2) is 53.0 Å². The zero-order valence-corrected chi connectivity index (χ0v) is 14.7. The first-order chi connectivity index (χ1) is 11.0. The third-order valence-electron chi connectivity index (χ3n) is 3.67. The maximum Gasteiger partial charge on any atom is 0.241 e. The summed E-state index contributed by atoms with van der Waals surface area (Å²) in [5.41, 5.74) is 2.41. The number of benzene rings is 2. The number of anilines is 1. The predicted molar refractivity (Wildman–Crippen MR) is 94.9 cm³/mol. The van der Waals surface area contributed by atoms with Gasteiger partial charge in [0.25, 0.3) is 0 Å². The van der Waals surface area contributed by atoms with Gasteiger partial charge in [0.1, 0.15) is 0 Å². The van der Waals surface area contributed by atoms with Gasteiger partial charge in [-0.3, -0.25) is 9.69 Å². The van der Waals surface area contributed by atoms with Gasteiger partial charge in [-0.2, -0.15) is 5.26 Å². The number of hydrogen-bond acceptors (Lipinski definition) is 3. The van der Waals surface area contributed by atoms with Crippen LogP contribution in [-0.4, -0.2) is 23.9 Å². The lowest BCUT2D eigenvalue weighted by Crippen LogP contribution is -2.39. The number of nitrogens with zero attached hydrogens (tertiary/aromatic N) is 2. The Morgan fingerprint density at radius 3 is 2.39 bits per heavy atom. The molecule has 0 aliphatic heterocycles. The van der Waals surface area contributed by atoms with Crippen LogP contribution in [0.4, 0.5) is 5.69 Å². The molecule has 0 aromatic heterocycles. The zero-order valence-electron chi connectivity index (χ0n) is 13.1. The summed E-state index contributed by atoms with van der Waals surface area (Å²) < 4.78 is 1.04. The zero-order chi connectivity index (χ0) is 16.8. The molecule has 1 N–H and O–H groups in total. The predicted octanol–water partition coefficient (Wildman–Crippen LogP) is 3.78. The first-order valence-corrected chi connectivity index (χ1v) is 8.04. The molecule has 0 aliphatic rings. The SMILES string of the molecule is CC(C(=O)Nc1ccc(C#N)cc1)N(C)Cc1ccc(Br)cc1. The second kappa shape index (κ2) is 7.91. The Labute approximate surface area is 144 Å². The van der Waals surface area contributed by atoms with Crippen molar-refractivity contribution in [1.29, 1.82) is 5.26 Å². The van der Waals surface area contributed by atoms with Crippen LogP contribution in [0.3, 0.4) is 0 Å². The molecular formula is C18H18BrN3O. The molecule has 5 heteroatoms. The number of rotatable bonds is 5. The highest BCUT2D eigenvalue weighted by Gasteiger charge is 2.18. The quantitative estimate of drug-likeness (QED) is 0.869. The molecule has 0 saturated heterocycles. The molecule has 2 rings (SSSR count). The van der Waals surface area contributed by atoms with Crippen molar-refractivity contribution < 1.29 is 4.79 Å². The fourth-order valence-corrected chi connectivity index (χ4v) is 2.35. The van der Waals surface area contributed by atoms with Gasteiger partial charge in [0.05, 0.1) is 17.7 Å². The molecular weight excluding hydrogens is 354 g/mol. The molecule has 4 nitrogen and oxygen atoms in total. The summed E-state index contributed by atoms with van der Waals surface area (Å²) in [5, 5.41) is 11.7. The normalized spacial score (nSPS) is 11.8. The van der Waals surface area contributed by atoms with E-state index in [9.17, 15) is 4.79 Å². The molecule has 1 unspecified atom stereocenters. The molecule has 118 valence electrons. The molecule has 0 fully saturated rings. The van der Waals surface area contributed by atoms with Gasteiger partial charge in [0.2, 0.25) is 5.91 Å². The highest BCUT2D eigenvalue weighted by molar-refractivity contribution is 9.10. The molecule has 1 atom stereocenters. The topological polar surface area (TPSA) is 56.1 Å². The lowest BCUT2D eigenvalue weighted by atomic mass is 10.2. The number of halogens is 1. The summed E-state index contributed by atoms with van der Waals surface area (Å²) in [5.74, 6) is -0.0747. The number of nitrogens with one attached hydrogen (secondary N) is 1. The van der Waals surface area contributed by atoms with Crippen LogP contribution >= 0.6 is 15.9 Å². The fraction of sp³-hybridized carbons (Fsp3) is 0.222.